The highest BCUT2D eigenvalue weighted by atomic mass is 79.9. The molecule has 2 atom stereocenters. The van der Waals surface area contributed by atoms with E-state index in [2.05, 4.69) is 77.6 Å². The maximum Gasteiger partial charge on any atom is 0.0331 e. The van der Waals surface area contributed by atoms with Crippen molar-refractivity contribution in [3.05, 3.63) is 69.2 Å². The zero-order valence-electron chi connectivity index (χ0n) is 12.0. The van der Waals surface area contributed by atoms with Crippen molar-refractivity contribution in [3.63, 3.8) is 0 Å². The molecule has 0 aliphatic heterocycles. The van der Waals surface area contributed by atoms with Gasteiger partial charge in [0.2, 0.25) is 0 Å². The molecule has 0 aromatic heterocycles. The summed E-state index contributed by atoms with van der Waals surface area (Å²) in [5, 5.41) is 3.77. The Morgan fingerprint density at radius 3 is 2.65 bits per heavy atom. The van der Waals surface area contributed by atoms with E-state index in [1.54, 1.807) is 0 Å². The molecule has 0 radical (unpaired) electrons. The lowest BCUT2D eigenvalue weighted by atomic mass is 10.0. The molecule has 0 amide bonds. The Morgan fingerprint density at radius 2 is 1.90 bits per heavy atom. The van der Waals surface area contributed by atoms with E-state index in [0.29, 0.717) is 12.1 Å². The van der Waals surface area contributed by atoms with Gasteiger partial charge in [0.05, 0.1) is 0 Å². The third-order valence-corrected chi connectivity index (χ3v) is 4.70. The molecule has 0 spiro atoms. The topological polar surface area (TPSA) is 12.0 Å². The zero-order chi connectivity index (χ0) is 14.1. The second-order valence-electron chi connectivity index (χ2n) is 5.73. The first-order valence-electron chi connectivity index (χ1n) is 7.24. The van der Waals surface area contributed by atoms with Crippen LogP contribution in [-0.4, -0.2) is 0 Å². The van der Waals surface area contributed by atoms with Crippen molar-refractivity contribution in [1.29, 1.82) is 0 Å². The van der Waals surface area contributed by atoms with Gasteiger partial charge < -0.3 is 5.32 Å². The van der Waals surface area contributed by atoms with Crippen LogP contribution in [0, 0.1) is 6.92 Å². The van der Waals surface area contributed by atoms with Gasteiger partial charge in [0.25, 0.3) is 0 Å². The van der Waals surface area contributed by atoms with Crippen LogP contribution in [0.15, 0.2) is 46.9 Å². The molecule has 2 heteroatoms. The molecule has 1 aliphatic carbocycles. The van der Waals surface area contributed by atoms with Crippen molar-refractivity contribution in [3.8, 4) is 0 Å². The fraction of sp³-hybridized carbons (Fsp3) is 0.333. The van der Waals surface area contributed by atoms with Gasteiger partial charge in [-0.2, -0.15) is 0 Å². The Morgan fingerprint density at radius 1 is 1.15 bits per heavy atom. The largest absolute Gasteiger partial charge is 0.303 e. The van der Waals surface area contributed by atoms with Crippen LogP contribution in [0.1, 0.15) is 47.7 Å². The molecule has 0 bridgehead atoms. The van der Waals surface area contributed by atoms with E-state index in [1.807, 2.05) is 0 Å². The number of aryl methyl sites for hydroxylation is 2. The fourth-order valence-electron chi connectivity index (χ4n) is 3.01. The molecule has 0 fully saturated rings. The van der Waals surface area contributed by atoms with E-state index in [1.165, 1.54) is 39.6 Å². The molecule has 1 N–H and O–H groups in total. The van der Waals surface area contributed by atoms with Crippen LogP contribution in [0.25, 0.3) is 0 Å². The maximum atomic E-state index is 3.77. The Labute approximate surface area is 129 Å². The molecule has 0 saturated carbocycles. The van der Waals surface area contributed by atoms with Gasteiger partial charge in [0.15, 0.2) is 0 Å². The van der Waals surface area contributed by atoms with Crippen molar-refractivity contribution in [2.24, 2.45) is 0 Å². The Bertz CT molecular complexity index is 603. The SMILES string of the molecule is Cc1ccc([C@@H](C)NC2CCc3cc(Br)ccc32)cc1. The smallest absolute Gasteiger partial charge is 0.0331 e. The summed E-state index contributed by atoms with van der Waals surface area (Å²) in [5.74, 6) is 0. The standard InChI is InChI=1S/C18H20BrN/c1-12-3-5-14(6-4-12)13(2)20-18-10-7-15-11-16(19)8-9-17(15)18/h3-6,8-9,11,13,18,20H,7,10H2,1-2H3/t13-,18?/m1/s1. The maximum absolute atomic E-state index is 3.77. The molecule has 0 heterocycles. The van der Waals surface area contributed by atoms with Crippen LogP contribution in [-0.2, 0) is 6.42 Å². The third-order valence-electron chi connectivity index (χ3n) is 4.21. The van der Waals surface area contributed by atoms with E-state index >= 15 is 0 Å². The summed E-state index contributed by atoms with van der Waals surface area (Å²) in [6, 6.07) is 16.4. The van der Waals surface area contributed by atoms with E-state index < -0.39 is 0 Å². The van der Waals surface area contributed by atoms with Gasteiger partial charge in [-0.05, 0) is 55.5 Å². The molecule has 1 unspecified atom stereocenters. The number of nitrogens with one attached hydrogen (secondary N) is 1. The predicted octanol–water partition coefficient (Wildman–Crippen LogP) is 5.10. The van der Waals surface area contributed by atoms with Gasteiger partial charge >= 0.3 is 0 Å². The van der Waals surface area contributed by atoms with E-state index in [-0.39, 0.29) is 0 Å². The van der Waals surface area contributed by atoms with Crippen LogP contribution in [0.4, 0.5) is 0 Å². The lowest BCUT2D eigenvalue weighted by molar-refractivity contribution is 0.465. The lowest BCUT2D eigenvalue weighted by Crippen LogP contribution is -2.22. The van der Waals surface area contributed by atoms with Crippen molar-refractivity contribution >= 4 is 15.9 Å². The second-order valence-corrected chi connectivity index (χ2v) is 6.65. The summed E-state index contributed by atoms with van der Waals surface area (Å²) in [7, 11) is 0. The second kappa shape index (κ2) is 5.71. The van der Waals surface area contributed by atoms with Crippen molar-refractivity contribution in [2.75, 3.05) is 0 Å². The molecule has 3 rings (SSSR count). The van der Waals surface area contributed by atoms with Gasteiger partial charge in [-0.25, -0.2) is 0 Å². The highest BCUT2D eigenvalue weighted by molar-refractivity contribution is 9.10. The summed E-state index contributed by atoms with van der Waals surface area (Å²) >= 11 is 3.56. The summed E-state index contributed by atoms with van der Waals surface area (Å²) in [4.78, 5) is 0. The van der Waals surface area contributed by atoms with Crippen molar-refractivity contribution in [2.45, 2.75) is 38.8 Å². The van der Waals surface area contributed by atoms with Gasteiger partial charge in [-0.1, -0.05) is 51.8 Å². The normalized spacial score (nSPS) is 18.9. The first-order valence-corrected chi connectivity index (χ1v) is 8.04. The van der Waals surface area contributed by atoms with E-state index in [4.69, 9.17) is 0 Å². The summed E-state index contributed by atoms with van der Waals surface area (Å²) in [5.41, 5.74) is 5.62. The fourth-order valence-corrected chi connectivity index (χ4v) is 3.42. The molecule has 1 aliphatic rings. The van der Waals surface area contributed by atoms with Crippen molar-refractivity contribution in [1.82, 2.24) is 5.32 Å². The Hall–Kier alpha value is -1.12. The zero-order valence-corrected chi connectivity index (χ0v) is 13.6. The highest BCUT2D eigenvalue weighted by Gasteiger charge is 2.23. The average molecular weight is 330 g/mol. The minimum Gasteiger partial charge on any atom is -0.303 e. The quantitative estimate of drug-likeness (QED) is 0.826. The van der Waals surface area contributed by atoms with Gasteiger partial charge in [0, 0.05) is 16.6 Å². The van der Waals surface area contributed by atoms with Gasteiger partial charge in [-0.15, -0.1) is 0 Å². The number of rotatable bonds is 3. The Kier molecular flexibility index (Phi) is 3.95. The summed E-state index contributed by atoms with van der Waals surface area (Å²) < 4.78 is 1.18. The van der Waals surface area contributed by atoms with Gasteiger partial charge in [-0.3, -0.25) is 0 Å². The van der Waals surface area contributed by atoms with Crippen LogP contribution >= 0.6 is 15.9 Å². The number of benzene rings is 2. The van der Waals surface area contributed by atoms with Crippen LogP contribution in [0.5, 0.6) is 0 Å². The number of fused-ring (bicyclic) bond motifs is 1. The molecule has 1 nitrogen and oxygen atoms in total. The minimum atomic E-state index is 0.384. The summed E-state index contributed by atoms with van der Waals surface area (Å²) in [6.45, 7) is 4.38. The number of hydrogen-bond acceptors (Lipinski definition) is 1. The first-order chi connectivity index (χ1) is 9.63. The minimum absolute atomic E-state index is 0.384. The van der Waals surface area contributed by atoms with E-state index in [0.717, 1.165) is 0 Å². The molecular weight excluding hydrogens is 310 g/mol. The summed E-state index contributed by atoms with van der Waals surface area (Å²) in [6.07, 6.45) is 2.37. The van der Waals surface area contributed by atoms with E-state index in [9.17, 15) is 0 Å². The van der Waals surface area contributed by atoms with Crippen LogP contribution in [0.3, 0.4) is 0 Å². The molecular formula is C18H20BrN. The van der Waals surface area contributed by atoms with Crippen LogP contribution in [0.2, 0.25) is 0 Å². The molecule has 2 aromatic carbocycles. The highest BCUT2D eigenvalue weighted by Crippen LogP contribution is 2.34. The average Bonchev–Trinajstić information content (AvgIpc) is 2.81. The van der Waals surface area contributed by atoms with Crippen molar-refractivity contribution < 1.29 is 0 Å². The van der Waals surface area contributed by atoms with Gasteiger partial charge in [0.1, 0.15) is 0 Å². The Balaban J connectivity index is 1.75. The van der Waals surface area contributed by atoms with Crippen LogP contribution < -0.4 is 5.32 Å². The molecule has 0 saturated heterocycles. The first kappa shape index (κ1) is 13.8. The number of hydrogen-bond donors (Lipinski definition) is 1. The molecule has 104 valence electrons. The lowest BCUT2D eigenvalue weighted by Gasteiger charge is -2.21. The molecule has 2 aromatic rings. The molecule has 20 heavy (non-hydrogen) atoms. The predicted molar refractivity (Wildman–Crippen MR) is 87.9 cm³/mol. The monoisotopic (exact) mass is 329 g/mol. The third kappa shape index (κ3) is 2.82. The number of halogens is 1.